The number of alkyl halides is 1. The predicted octanol–water partition coefficient (Wildman–Crippen LogP) is 9.40. The molecule has 2 aromatic rings. The zero-order valence-corrected chi connectivity index (χ0v) is 20.9. The predicted molar refractivity (Wildman–Crippen MR) is 135 cm³/mol. The Hall–Kier alpha value is -1.97. The van der Waals surface area contributed by atoms with E-state index in [2.05, 4.69) is 6.92 Å². The van der Waals surface area contributed by atoms with Crippen LogP contribution in [0.1, 0.15) is 77.6 Å². The van der Waals surface area contributed by atoms with Crippen LogP contribution in [-0.4, -0.2) is 13.8 Å². The van der Waals surface area contributed by atoms with E-state index in [1.165, 1.54) is 89.5 Å². The van der Waals surface area contributed by atoms with E-state index in [9.17, 15) is 13.2 Å². The van der Waals surface area contributed by atoms with Crippen LogP contribution in [0.2, 0.25) is 0 Å². The molecule has 2 fully saturated rings. The lowest BCUT2D eigenvalue weighted by molar-refractivity contribution is 0.138. The van der Waals surface area contributed by atoms with E-state index in [-0.39, 0.29) is 18.2 Å². The summed E-state index contributed by atoms with van der Waals surface area (Å²) in [5, 5.41) is 0. The Kier molecular flexibility index (Phi) is 10.8. The average molecular weight is 475 g/mol. The number of halogens is 3. The molecule has 0 atom stereocenters. The van der Waals surface area contributed by atoms with Crippen LogP contribution in [0, 0.1) is 35.3 Å². The average Bonchev–Trinajstić information content (AvgIpc) is 2.86. The van der Waals surface area contributed by atoms with Gasteiger partial charge in [0.05, 0.1) is 13.8 Å². The second-order valence-corrected chi connectivity index (χ2v) is 10.2. The van der Waals surface area contributed by atoms with E-state index in [1.807, 2.05) is 0 Å². The van der Waals surface area contributed by atoms with Gasteiger partial charge < -0.3 is 4.74 Å². The molecule has 0 heterocycles. The molecule has 4 heteroatoms. The van der Waals surface area contributed by atoms with Gasteiger partial charge in [-0.2, -0.15) is 0 Å². The van der Waals surface area contributed by atoms with E-state index in [0.29, 0.717) is 11.5 Å². The third kappa shape index (κ3) is 7.78. The van der Waals surface area contributed by atoms with E-state index in [4.69, 9.17) is 4.74 Å². The number of hydrogen-bond donors (Lipinski definition) is 0. The minimum Gasteiger partial charge on any atom is -0.494 e. The first kappa shape index (κ1) is 26.6. The molecule has 0 N–H and O–H groups in total. The molecule has 2 aliphatic carbocycles. The molecule has 2 saturated carbocycles. The van der Waals surface area contributed by atoms with Crippen LogP contribution in [0.15, 0.2) is 42.5 Å². The van der Waals surface area contributed by atoms with Crippen molar-refractivity contribution in [1.29, 1.82) is 0 Å². The highest BCUT2D eigenvalue weighted by molar-refractivity contribution is 5.64. The zero-order chi connectivity index (χ0) is 24.3. The van der Waals surface area contributed by atoms with Crippen molar-refractivity contribution in [2.24, 2.45) is 23.7 Å². The number of hydrogen-bond acceptors (Lipinski definition) is 1. The molecule has 4 rings (SSSR count). The van der Waals surface area contributed by atoms with Crippen LogP contribution in [-0.2, 0) is 0 Å². The molecular weight excluding hydrogens is 433 g/mol. The van der Waals surface area contributed by atoms with Crippen molar-refractivity contribution >= 4 is 0 Å². The fourth-order valence-corrected chi connectivity index (χ4v) is 5.95. The summed E-state index contributed by atoms with van der Waals surface area (Å²) < 4.78 is 43.3. The highest BCUT2D eigenvalue weighted by atomic mass is 19.1. The van der Waals surface area contributed by atoms with Crippen molar-refractivity contribution in [2.75, 3.05) is 13.8 Å². The third-order valence-corrected chi connectivity index (χ3v) is 7.99. The normalized spacial score (nSPS) is 24.7. The smallest absolute Gasteiger partial charge is 0.165 e. The summed E-state index contributed by atoms with van der Waals surface area (Å²) in [4.78, 5) is 0. The fourth-order valence-electron chi connectivity index (χ4n) is 5.95. The van der Waals surface area contributed by atoms with Crippen LogP contribution in [0.3, 0.4) is 0 Å². The maximum atomic E-state index is 13.4. The Morgan fingerprint density at radius 3 is 1.74 bits per heavy atom. The van der Waals surface area contributed by atoms with Gasteiger partial charge >= 0.3 is 0 Å². The number of benzene rings is 2. The first-order chi connectivity index (χ1) is 16.5. The van der Waals surface area contributed by atoms with Crippen molar-refractivity contribution < 1.29 is 17.9 Å². The molecule has 0 radical (unpaired) electrons. The maximum Gasteiger partial charge on any atom is 0.165 e. The minimum atomic E-state index is -0.427. The fraction of sp³-hybridized carbons (Fsp3) is 0.600. The summed E-state index contributed by atoms with van der Waals surface area (Å²) in [6.45, 7) is 2.22. The topological polar surface area (TPSA) is 9.23 Å². The summed E-state index contributed by atoms with van der Waals surface area (Å²) in [7, 11) is 1.41. The zero-order valence-electron chi connectivity index (χ0n) is 20.9. The first-order valence-corrected chi connectivity index (χ1v) is 13.2. The van der Waals surface area contributed by atoms with Gasteiger partial charge in [-0.25, -0.2) is 8.78 Å². The highest BCUT2D eigenvalue weighted by Gasteiger charge is 2.30. The number of rotatable bonds is 7. The standard InChI is InChI=1S/C17H31F.C13H10F2O/c1-2-3-14-4-8-16(9-5-14)17-10-6-15(7-11-17)12-13-18;1-16-13-7-4-10(8-12(13)15)9-2-5-11(14)6-3-9/h14-17H,2-13H2,1H3;2-8H,1H3. The number of ether oxygens (including phenoxy) is 1. The summed E-state index contributed by atoms with van der Waals surface area (Å²) in [6, 6.07) is 10.6. The van der Waals surface area contributed by atoms with Crippen LogP contribution < -0.4 is 4.74 Å². The van der Waals surface area contributed by atoms with Crippen molar-refractivity contribution in [3.8, 4) is 16.9 Å². The van der Waals surface area contributed by atoms with E-state index in [0.717, 1.165) is 29.7 Å². The summed E-state index contributed by atoms with van der Waals surface area (Å²) in [5.41, 5.74) is 1.46. The van der Waals surface area contributed by atoms with Crippen molar-refractivity contribution in [3.63, 3.8) is 0 Å². The van der Waals surface area contributed by atoms with Gasteiger partial charge in [-0.15, -0.1) is 0 Å². The SMILES string of the molecule is CCCC1CCC(C2CCC(CCF)CC2)CC1.COc1ccc(-c2ccc(F)cc2)cc1F. The number of methoxy groups -OCH3 is 1. The molecule has 0 unspecified atom stereocenters. The molecule has 0 spiro atoms. The Morgan fingerprint density at radius 1 is 0.735 bits per heavy atom. The molecule has 0 bridgehead atoms. The molecular formula is C30H41F3O. The van der Waals surface area contributed by atoms with Gasteiger partial charge in [0.25, 0.3) is 0 Å². The van der Waals surface area contributed by atoms with Gasteiger partial charge in [0.1, 0.15) is 5.82 Å². The van der Waals surface area contributed by atoms with Crippen molar-refractivity contribution in [1.82, 2.24) is 0 Å². The molecule has 0 saturated heterocycles. The van der Waals surface area contributed by atoms with Crippen molar-refractivity contribution in [3.05, 3.63) is 54.1 Å². The van der Waals surface area contributed by atoms with Gasteiger partial charge in [-0.05, 0) is 91.2 Å². The van der Waals surface area contributed by atoms with Crippen LogP contribution >= 0.6 is 0 Å². The Morgan fingerprint density at radius 2 is 1.26 bits per heavy atom. The summed E-state index contributed by atoms with van der Waals surface area (Å²) >= 11 is 0. The Labute approximate surface area is 204 Å². The highest BCUT2D eigenvalue weighted by Crippen LogP contribution is 2.42. The summed E-state index contributed by atoms with van der Waals surface area (Å²) in [6.07, 6.45) is 15.0. The Balaban J connectivity index is 0.000000192. The second-order valence-electron chi connectivity index (χ2n) is 10.2. The van der Waals surface area contributed by atoms with Gasteiger partial charge in [-0.3, -0.25) is 4.39 Å². The van der Waals surface area contributed by atoms with Gasteiger partial charge in [-0.1, -0.05) is 63.6 Å². The van der Waals surface area contributed by atoms with Crippen LogP contribution in [0.4, 0.5) is 13.2 Å². The molecule has 2 aromatic carbocycles. The Bertz CT molecular complexity index is 811. The minimum absolute atomic E-state index is 0.0997. The van der Waals surface area contributed by atoms with E-state index in [1.54, 1.807) is 24.3 Å². The molecule has 188 valence electrons. The van der Waals surface area contributed by atoms with Gasteiger partial charge in [0.15, 0.2) is 11.6 Å². The van der Waals surface area contributed by atoms with E-state index >= 15 is 0 Å². The van der Waals surface area contributed by atoms with Crippen LogP contribution in [0.25, 0.3) is 11.1 Å². The summed E-state index contributed by atoms with van der Waals surface area (Å²) in [5.74, 6) is 3.22. The lowest BCUT2D eigenvalue weighted by atomic mass is 9.68. The lowest BCUT2D eigenvalue weighted by Gasteiger charge is -2.37. The van der Waals surface area contributed by atoms with E-state index < -0.39 is 5.82 Å². The molecule has 2 aliphatic rings. The van der Waals surface area contributed by atoms with Crippen molar-refractivity contribution in [2.45, 2.75) is 77.6 Å². The molecule has 0 aliphatic heterocycles. The third-order valence-electron chi connectivity index (χ3n) is 7.99. The van der Waals surface area contributed by atoms with Gasteiger partial charge in [0, 0.05) is 0 Å². The molecule has 0 aromatic heterocycles. The lowest BCUT2D eigenvalue weighted by Crippen LogP contribution is -2.26. The van der Waals surface area contributed by atoms with Gasteiger partial charge in [0.2, 0.25) is 0 Å². The van der Waals surface area contributed by atoms with Crippen LogP contribution in [0.5, 0.6) is 5.75 Å². The largest absolute Gasteiger partial charge is 0.494 e. The molecule has 1 nitrogen and oxygen atoms in total. The molecule has 0 amide bonds. The monoisotopic (exact) mass is 474 g/mol. The maximum absolute atomic E-state index is 13.4. The second kappa shape index (κ2) is 13.8. The molecule has 34 heavy (non-hydrogen) atoms. The quantitative estimate of drug-likeness (QED) is 0.388. The first-order valence-electron chi connectivity index (χ1n) is 13.2.